The third-order valence-electron chi connectivity index (χ3n) is 18.0. The standard InChI is InChI=1S/C60H75FN14O10S2/c1-34-22-42-41-12-11-35-23-40(76)13-14-57(35,2)59(41,61)47(77)28-58(42,3)60(34,85)48(78)33-87-21-19-66-56(86)65-17-16-64-51(80)43-25-37(30-72(43)5)68-53(82)45-27-39(32-74(45)7)70-54(83)46-26-38(31-75(46)8)69-52(81)44-24-36(29-73(44)6)67-49(79)10-9-15-63-55(84)50-62-18-20-71(50)4/h13-14,18,20,23-27,29-32,34,41-42,47,77,85H,9-12,15-17,19,21-22,28,33H2,1-8H3,(H,63,84)(H,64,80)(H,67,79)(H,68,82)(H,69,81)(H,70,83)(H2,65,66,86)/t34-,41+,42+,47+,57+,58+,59+,60+/m1/s1. The fraction of sp³-hybridized carbons (Fsp3) is 0.467. The highest BCUT2D eigenvalue weighted by molar-refractivity contribution is 8.00. The first-order chi connectivity index (χ1) is 41.2. The molecule has 10 N–H and O–H groups in total. The lowest BCUT2D eigenvalue weighted by Crippen LogP contribution is -2.69. The molecule has 6 amide bonds. The summed E-state index contributed by atoms with van der Waals surface area (Å²) < 4.78 is 25.4. The number of alkyl halides is 1. The van der Waals surface area contributed by atoms with Gasteiger partial charge in [-0.15, -0.1) is 0 Å². The highest BCUT2D eigenvalue weighted by Gasteiger charge is 2.75. The van der Waals surface area contributed by atoms with Gasteiger partial charge in [-0.2, -0.15) is 11.8 Å². The van der Waals surface area contributed by atoms with Crippen LogP contribution in [-0.2, 0) is 49.6 Å². The van der Waals surface area contributed by atoms with Crippen molar-refractivity contribution in [2.45, 2.75) is 76.7 Å². The van der Waals surface area contributed by atoms with Gasteiger partial charge in [0.2, 0.25) is 5.91 Å². The van der Waals surface area contributed by atoms with E-state index < -0.39 is 63.7 Å². The summed E-state index contributed by atoms with van der Waals surface area (Å²) >= 11 is 6.78. The van der Waals surface area contributed by atoms with Crippen LogP contribution in [0, 0.1) is 28.6 Å². The number of halogens is 1. The van der Waals surface area contributed by atoms with Crippen LogP contribution in [0.15, 0.2) is 85.2 Å². The molecule has 8 atom stereocenters. The second kappa shape index (κ2) is 25.3. The number of amides is 6. The molecule has 9 rings (SSSR count). The van der Waals surface area contributed by atoms with Crippen LogP contribution in [0.3, 0.4) is 0 Å². The van der Waals surface area contributed by atoms with Crippen molar-refractivity contribution in [3.8, 4) is 0 Å². The maximum atomic E-state index is 17.6. The van der Waals surface area contributed by atoms with E-state index in [0.717, 1.165) is 0 Å². The third kappa shape index (κ3) is 12.4. The van der Waals surface area contributed by atoms with E-state index in [1.54, 1.807) is 92.9 Å². The number of imidazole rings is 1. The molecule has 0 spiro atoms. The lowest BCUT2D eigenvalue weighted by molar-refractivity contribution is -0.218. The monoisotopic (exact) mass is 1230 g/mol. The normalized spacial score (nSPS) is 24.4. The van der Waals surface area contributed by atoms with Crippen LogP contribution in [0.5, 0.6) is 0 Å². The van der Waals surface area contributed by atoms with Crippen molar-refractivity contribution in [3.63, 3.8) is 0 Å². The van der Waals surface area contributed by atoms with E-state index in [9.17, 15) is 48.6 Å². The van der Waals surface area contributed by atoms with E-state index in [1.807, 2.05) is 13.8 Å². The number of carbonyl (C=O) groups excluding carboxylic acids is 8. The number of fused-ring (bicyclic) bond motifs is 5. The van der Waals surface area contributed by atoms with Gasteiger partial charge in [0, 0.05) is 128 Å². The zero-order chi connectivity index (χ0) is 62.9. The van der Waals surface area contributed by atoms with E-state index in [4.69, 9.17) is 12.2 Å². The summed E-state index contributed by atoms with van der Waals surface area (Å²) in [6, 6.07) is 6.05. The van der Waals surface area contributed by atoms with E-state index in [-0.39, 0.29) is 96.1 Å². The minimum Gasteiger partial charge on any atom is -0.390 e. The predicted molar refractivity (Wildman–Crippen MR) is 330 cm³/mol. The topological polar surface area (TPSA) is 311 Å². The average molecular weight is 1240 g/mol. The number of aromatic nitrogens is 6. The predicted octanol–water partition coefficient (Wildman–Crippen LogP) is 4.52. The summed E-state index contributed by atoms with van der Waals surface area (Å²) in [5.41, 5.74) is -3.02. The Balaban J connectivity index is 0.671. The minimum atomic E-state index is -2.05. The SMILES string of the molecule is C[C@@H]1C[C@H]2[C@@H]3CCC4=CC(=O)C=C[C@]4(C)[C@@]3(F)[C@@H](O)C[C@]2(C)[C@@]1(O)C(=O)CSCCNC(=S)NCCNC(=O)c1cc(NC(=O)c2cc(NC(=O)c3cc(NC(=O)c4cc(NC(=O)CCCNC(=O)c5nccn5C)cn4C)cn3C)cn2C)cn1C. The molecule has 0 aliphatic heterocycles. The molecule has 3 fully saturated rings. The molecule has 24 nitrogen and oxygen atoms in total. The molecule has 0 bridgehead atoms. The van der Waals surface area contributed by atoms with Crippen molar-refractivity contribution in [1.82, 2.24) is 49.1 Å². The van der Waals surface area contributed by atoms with Gasteiger partial charge in [-0.1, -0.05) is 25.5 Å². The molecule has 0 radical (unpaired) electrons. The van der Waals surface area contributed by atoms with Gasteiger partial charge in [0.25, 0.3) is 29.5 Å². The molecule has 87 heavy (non-hydrogen) atoms. The zero-order valence-electron chi connectivity index (χ0n) is 49.8. The summed E-state index contributed by atoms with van der Waals surface area (Å²) in [5, 5.41) is 47.2. The Labute approximate surface area is 511 Å². The second-order valence-corrected chi connectivity index (χ2v) is 25.1. The first-order valence-electron chi connectivity index (χ1n) is 28.8. The molecule has 5 aromatic heterocycles. The summed E-state index contributed by atoms with van der Waals surface area (Å²) in [6.45, 7) is 6.57. The molecular weight excluding hydrogens is 1160 g/mol. The number of nitrogens with zero attached hydrogens (tertiary/aromatic N) is 6. The number of rotatable bonds is 22. The fourth-order valence-corrected chi connectivity index (χ4v) is 14.5. The van der Waals surface area contributed by atoms with Crippen LogP contribution in [0.4, 0.5) is 27.1 Å². The maximum absolute atomic E-state index is 17.6. The Morgan fingerprint density at radius 3 is 1.78 bits per heavy atom. The lowest BCUT2D eigenvalue weighted by atomic mass is 9.44. The molecular formula is C60H75FN14O10S2. The number of nitrogens with one attached hydrogen (secondary N) is 8. The first kappa shape index (κ1) is 63.4. The molecule has 0 saturated heterocycles. The Kier molecular flexibility index (Phi) is 18.4. The number of hydrogen-bond donors (Lipinski definition) is 10. The smallest absolute Gasteiger partial charge is 0.287 e. The van der Waals surface area contributed by atoms with Crippen LogP contribution < -0.4 is 42.5 Å². The van der Waals surface area contributed by atoms with Gasteiger partial charge < -0.3 is 75.6 Å². The Morgan fingerprint density at radius 2 is 1.23 bits per heavy atom. The number of aliphatic hydroxyl groups is 2. The molecule has 0 unspecified atom stereocenters. The van der Waals surface area contributed by atoms with Crippen LogP contribution in [-0.4, -0.2) is 145 Å². The van der Waals surface area contributed by atoms with Crippen molar-refractivity contribution < 1.29 is 53.0 Å². The number of thiocarbonyl (C=S) groups is 1. The number of ketones is 2. The average Bonchev–Trinajstić information content (AvgIpc) is 1.68. The number of hydrogen-bond acceptors (Lipinski definition) is 13. The van der Waals surface area contributed by atoms with Gasteiger partial charge in [-0.25, -0.2) is 9.37 Å². The molecule has 3 saturated carbocycles. The molecule has 464 valence electrons. The second-order valence-electron chi connectivity index (χ2n) is 23.6. The lowest BCUT2D eigenvalue weighted by Gasteiger charge is -2.62. The van der Waals surface area contributed by atoms with Crippen LogP contribution in [0.2, 0.25) is 0 Å². The van der Waals surface area contributed by atoms with Crippen molar-refractivity contribution in [2.24, 2.45) is 63.8 Å². The zero-order valence-corrected chi connectivity index (χ0v) is 51.5. The third-order valence-corrected chi connectivity index (χ3v) is 19.3. The van der Waals surface area contributed by atoms with Crippen molar-refractivity contribution in [3.05, 3.63) is 114 Å². The fourth-order valence-electron chi connectivity index (χ4n) is 13.5. The summed E-state index contributed by atoms with van der Waals surface area (Å²) in [6.07, 6.45) is 14.3. The van der Waals surface area contributed by atoms with Gasteiger partial charge in [0.15, 0.2) is 28.2 Å². The van der Waals surface area contributed by atoms with Gasteiger partial charge >= 0.3 is 0 Å². The summed E-state index contributed by atoms with van der Waals surface area (Å²) in [7, 11) is 8.30. The van der Waals surface area contributed by atoms with Gasteiger partial charge in [-0.3, -0.25) is 38.4 Å². The Hall–Kier alpha value is -8.14. The molecule has 27 heteroatoms. The highest BCUT2D eigenvalue weighted by atomic mass is 32.2. The highest BCUT2D eigenvalue weighted by Crippen LogP contribution is 2.70. The van der Waals surface area contributed by atoms with Crippen LogP contribution in [0.1, 0.15) is 112 Å². The molecule has 5 heterocycles. The molecule has 4 aliphatic carbocycles. The number of carbonyl (C=O) groups is 8. The largest absolute Gasteiger partial charge is 0.390 e. The molecule has 0 aromatic carbocycles. The van der Waals surface area contributed by atoms with Gasteiger partial charge in [0.1, 0.15) is 28.4 Å². The quantitative estimate of drug-likeness (QED) is 0.0337. The van der Waals surface area contributed by atoms with Gasteiger partial charge in [-0.05, 0) is 99.5 Å². The van der Waals surface area contributed by atoms with Gasteiger partial charge in [0.05, 0.1) is 34.6 Å². The summed E-state index contributed by atoms with van der Waals surface area (Å²) in [5.74, 6) is -3.74. The van der Waals surface area contributed by atoms with Crippen molar-refractivity contribution in [1.29, 1.82) is 0 Å². The molecule has 4 aliphatic rings. The van der Waals surface area contributed by atoms with E-state index in [1.165, 1.54) is 63.5 Å². The van der Waals surface area contributed by atoms with E-state index in [0.29, 0.717) is 71.4 Å². The number of aliphatic hydroxyl groups excluding tert-OH is 1. The minimum absolute atomic E-state index is 0.0162. The maximum Gasteiger partial charge on any atom is 0.287 e. The Morgan fingerprint density at radius 1 is 0.713 bits per heavy atom. The number of allylic oxidation sites excluding steroid dienone is 4. The van der Waals surface area contributed by atoms with Crippen molar-refractivity contribution >= 4 is 98.9 Å². The van der Waals surface area contributed by atoms with Crippen LogP contribution >= 0.6 is 24.0 Å². The number of anilines is 4. The van der Waals surface area contributed by atoms with E-state index in [2.05, 4.69) is 47.5 Å². The number of thioether (sulfide) groups is 1. The van der Waals surface area contributed by atoms with Crippen LogP contribution in [0.25, 0.3) is 0 Å². The van der Waals surface area contributed by atoms with Crippen molar-refractivity contribution in [2.75, 3.05) is 59.0 Å². The first-order valence-corrected chi connectivity index (χ1v) is 30.3. The van der Waals surface area contributed by atoms with E-state index >= 15 is 4.39 Å². The Bertz CT molecular complexity index is 3630. The number of Topliss-reactive ketones (excluding diaryl/α,β-unsaturated/α-hetero) is 1. The molecule has 5 aromatic rings. The summed E-state index contributed by atoms with van der Waals surface area (Å²) in [4.78, 5) is 109. The number of aryl methyl sites for hydroxylation is 5.